The molecule has 1 aliphatic heterocycles. The summed E-state index contributed by atoms with van der Waals surface area (Å²) in [4.78, 5) is 8.91. The van der Waals surface area contributed by atoms with E-state index in [-0.39, 0.29) is 6.10 Å². The number of rotatable bonds is 2. The SMILES string of the molecule is Cc1ccn2c(N)c(C#N)c(=NCC3CCCO3)nc2c1. The molecule has 0 spiro atoms. The monoisotopic (exact) mass is 283 g/mol. The van der Waals surface area contributed by atoms with Crippen LogP contribution in [0.25, 0.3) is 5.65 Å². The number of nitrogens with two attached hydrogens (primary N) is 1. The average molecular weight is 283 g/mol. The zero-order valence-corrected chi connectivity index (χ0v) is 11.9. The number of aromatic nitrogens is 2. The number of hydrogen-bond donors (Lipinski definition) is 1. The molecule has 3 heterocycles. The Morgan fingerprint density at radius 1 is 1.62 bits per heavy atom. The number of pyridine rings is 1. The molecule has 2 N–H and O–H groups in total. The lowest BCUT2D eigenvalue weighted by molar-refractivity contribution is 0.117. The second-order valence-electron chi connectivity index (χ2n) is 5.22. The molecular formula is C15H17N5O. The van der Waals surface area contributed by atoms with Crippen LogP contribution in [0.4, 0.5) is 5.82 Å². The molecule has 2 aromatic heterocycles. The first-order chi connectivity index (χ1) is 10.2. The Morgan fingerprint density at radius 2 is 2.48 bits per heavy atom. The first-order valence-electron chi connectivity index (χ1n) is 6.99. The highest BCUT2D eigenvalue weighted by atomic mass is 16.5. The zero-order valence-electron chi connectivity index (χ0n) is 11.9. The van der Waals surface area contributed by atoms with E-state index in [9.17, 15) is 5.26 Å². The van der Waals surface area contributed by atoms with Crippen LogP contribution in [0.3, 0.4) is 0 Å². The number of nitriles is 1. The minimum atomic E-state index is 0.125. The van der Waals surface area contributed by atoms with Gasteiger partial charge in [0.15, 0.2) is 5.49 Å². The van der Waals surface area contributed by atoms with Gasteiger partial charge in [0.05, 0.1) is 12.6 Å². The summed E-state index contributed by atoms with van der Waals surface area (Å²) < 4.78 is 7.25. The maximum Gasteiger partial charge on any atom is 0.171 e. The second kappa shape index (κ2) is 5.54. The zero-order chi connectivity index (χ0) is 14.8. The van der Waals surface area contributed by atoms with E-state index in [1.54, 1.807) is 4.40 Å². The van der Waals surface area contributed by atoms with Gasteiger partial charge >= 0.3 is 0 Å². The van der Waals surface area contributed by atoms with Crippen molar-refractivity contribution >= 4 is 11.5 Å². The van der Waals surface area contributed by atoms with E-state index in [0.717, 1.165) is 25.0 Å². The Hall–Kier alpha value is -2.39. The number of aryl methyl sites for hydroxylation is 1. The van der Waals surface area contributed by atoms with Crippen molar-refractivity contribution in [1.29, 1.82) is 5.26 Å². The van der Waals surface area contributed by atoms with Gasteiger partial charge in [0.1, 0.15) is 23.1 Å². The van der Waals surface area contributed by atoms with Crippen molar-refractivity contribution in [3.05, 3.63) is 34.9 Å². The van der Waals surface area contributed by atoms with Gasteiger partial charge in [0, 0.05) is 12.8 Å². The average Bonchev–Trinajstić information content (AvgIpc) is 2.98. The molecule has 21 heavy (non-hydrogen) atoms. The molecule has 0 bridgehead atoms. The standard InChI is InChI=1S/C15H17N5O/c1-10-4-5-20-13(7-10)19-15(12(8-16)14(20)17)18-9-11-3-2-6-21-11/h4-5,7,11H,2-3,6,9,17H2,1H3. The van der Waals surface area contributed by atoms with E-state index in [1.807, 2.05) is 25.3 Å². The Labute approximate surface area is 122 Å². The molecule has 6 heteroatoms. The second-order valence-corrected chi connectivity index (χ2v) is 5.22. The highest BCUT2D eigenvalue weighted by molar-refractivity contribution is 5.55. The summed E-state index contributed by atoms with van der Waals surface area (Å²) in [5.41, 5.74) is 8.56. The van der Waals surface area contributed by atoms with E-state index in [1.165, 1.54) is 0 Å². The molecule has 3 rings (SSSR count). The third-order valence-electron chi connectivity index (χ3n) is 3.63. The maximum absolute atomic E-state index is 9.33. The van der Waals surface area contributed by atoms with E-state index in [0.29, 0.717) is 29.1 Å². The van der Waals surface area contributed by atoms with Gasteiger partial charge in [-0.1, -0.05) is 0 Å². The normalized spacial score (nSPS) is 19.0. The molecule has 1 aliphatic rings. The van der Waals surface area contributed by atoms with Gasteiger partial charge < -0.3 is 10.5 Å². The van der Waals surface area contributed by atoms with Gasteiger partial charge in [0.25, 0.3) is 0 Å². The summed E-state index contributed by atoms with van der Waals surface area (Å²) in [6.07, 6.45) is 4.01. The summed E-state index contributed by atoms with van der Waals surface area (Å²) in [7, 11) is 0. The van der Waals surface area contributed by atoms with Crippen LogP contribution in [0, 0.1) is 18.3 Å². The molecule has 2 aromatic rings. The predicted molar refractivity (Wildman–Crippen MR) is 78.5 cm³/mol. The van der Waals surface area contributed by atoms with Gasteiger partial charge in [-0.05, 0) is 37.5 Å². The van der Waals surface area contributed by atoms with E-state index in [2.05, 4.69) is 16.0 Å². The Bertz CT molecular complexity index is 781. The van der Waals surface area contributed by atoms with Crippen molar-refractivity contribution in [2.24, 2.45) is 4.99 Å². The lowest BCUT2D eigenvalue weighted by Gasteiger charge is -2.08. The predicted octanol–water partition coefficient (Wildman–Crippen LogP) is 1.18. The van der Waals surface area contributed by atoms with Crippen LogP contribution in [0.5, 0.6) is 0 Å². The van der Waals surface area contributed by atoms with Gasteiger partial charge in [-0.2, -0.15) is 5.26 Å². The number of nitrogens with zero attached hydrogens (tertiary/aromatic N) is 4. The van der Waals surface area contributed by atoms with Crippen LogP contribution >= 0.6 is 0 Å². The Morgan fingerprint density at radius 3 is 3.19 bits per heavy atom. The number of fused-ring (bicyclic) bond motifs is 1. The fraction of sp³-hybridized carbons (Fsp3) is 0.400. The highest BCUT2D eigenvalue weighted by Gasteiger charge is 2.15. The molecule has 0 radical (unpaired) electrons. The summed E-state index contributed by atoms with van der Waals surface area (Å²) in [6, 6.07) is 5.95. The molecule has 1 unspecified atom stereocenters. The lowest BCUT2D eigenvalue weighted by atomic mass is 10.2. The smallest absolute Gasteiger partial charge is 0.171 e. The molecule has 0 aromatic carbocycles. The van der Waals surface area contributed by atoms with E-state index < -0.39 is 0 Å². The van der Waals surface area contributed by atoms with Gasteiger partial charge in [-0.15, -0.1) is 0 Å². The first-order valence-corrected chi connectivity index (χ1v) is 6.99. The van der Waals surface area contributed by atoms with Gasteiger partial charge in [0.2, 0.25) is 0 Å². The topological polar surface area (TPSA) is 88.7 Å². The number of nitrogen functional groups attached to an aromatic ring is 1. The van der Waals surface area contributed by atoms with E-state index in [4.69, 9.17) is 10.5 Å². The fourth-order valence-corrected chi connectivity index (χ4v) is 2.48. The summed E-state index contributed by atoms with van der Waals surface area (Å²) in [6.45, 7) is 3.29. The lowest BCUT2D eigenvalue weighted by Crippen LogP contribution is -2.22. The van der Waals surface area contributed by atoms with Crippen molar-refractivity contribution in [2.75, 3.05) is 18.9 Å². The van der Waals surface area contributed by atoms with Gasteiger partial charge in [-0.25, -0.2) is 4.98 Å². The minimum Gasteiger partial charge on any atom is -0.384 e. The molecule has 0 saturated carbocycles. The van der Waals surface area contributed by atoms with E-state index >= 15 is 0 Å². The third-order valence-corrected chi connectivity index (χ3v) is 3.63. The van der Waals surface area contributed by atoms with Crippen molar-refractivity contribution in [1.82, 2.24) is 9.38 Å². The molecule has 1 atom stereocenters. The molecule has 108 valence electrons. The molecule has 0 amide bonds. The van der Waals surface area contributed by atoms with Crippen LogP contribution in [-0.4, -0.2) is 28.6 Å². The molecular weight excluding hydrogens is 266 g/mol. The number of anilines is 1. The molecule has 1 saturated heterocycles. The molecule has 0 aliphatic carbocycles. The maximum atomic E-state index is 9.33. The van der Waals surface area contributed by atoms with Crippen molar-refractivity contribution in [3.8, 4) is 6.07 Å². The summed E-state index contributed by atoms with van der Waals surface area (Å²) in [5, 5.41) is 9.33. The quantitative estimate of drug-likeness (QED) is 0.896. The van der Waals surface area contributed by atoms with Crippen LogP contribution in [0.2, 0.25) is 0 Å². The van der Waals surface area contributed by atoms with Crippen LogP contribution in [0.1, 0.15) is 24.0 Å². The summed E-state index contributed by atoms with van der Waals surface area (Å²) >= 11 is 0. The van der Waals surface area contributed by atoms with Crippen molar-refractivity contribution in [3.63, 3.8) is 0 Å². The number of hydrogen-bond acceptors (Lipinski definition) is 5. The van der Waals surface area contributed by atoms with Crippen LogP contribution in [0.15, 0.2) is 23.3 Å². The third kappa shape index (κ3) is 2.60. The largest absolute Gasteiger partial charge is 0.384 e. The molecule has 6 nitrogen and oxygen atoms in total. The van der Waals surface area contributed by atoms with Crippen molar-refractivity contribution < 1.29 is 4.74 Å². The Kier molecular flexibility index (Phi) is 3.59. The molecule has 1 fully saturated rings. The Balaban J connectivity index is 2.11. The van der Waals surface area contributed by atoms with Gasteiger partial charge in [-0.3, -0.25) is 9.39 Å². The van der Waals surface area contributed by atoms with Crippen LogP contribution < -0.4 is 11.2 Å². The number of ether oxygens (including phenoxy) is 1. The minimum absolute atomic E-state index is 0.125. The fourth-order valence-electron chi connectivity index (χ4n) is 2.48. The first kappa shape index (κ1) is 13.6. The highest BCUT2D eigenvalue weighted by Crippen LogP contribution is 2.13. The van der Waals surface area contributed by atoms with Crippen molar-refractivity contribution in [2.45, 2.75) is 25.9 Å². The van der Waals surface area contributed by atoms with Crippen LogP contribution in [-0.2, 0) is 4.74 Å². The summed E-state index contributed by atoms with van der Waals surface area (Å²) in [5.74, 6) is 0.369.